The van der Waals surface area contributed by atoms with E-state index in [4.69, 9.17) is 0 Å². The van der Waals surface area contributed by atoms with Crippen LogP contribution in [0, 0.1) is 23.3 Å². The average Bonchev–Trinajstić information content (AvgIpc) is 3.18. The highest BCUT2D eigenvalue weighted by atomic mass is 32.1. The zero-order valence-electron chi connectivity index (χ0n) is 16.9. The Labute approximate surface area is 192 Å². The molecule has 1 heterocycles. The van der Waals surface area contributed by atoms with Gasteiger partial charge in [-0.2, -0.15) is 13.9 Å². The van der Waals surface area contributed by atoms with Crippen molar-refractivity contribution in [2.24, 2.45) is 10.1 Å². The highest BCUT2D eigenvalue weighted by Crippen LogP contribution is 2.25. The average molecular weight is 493 g/mol. The third-order valence-electron chi connectivity index (χ3n) is 4.49. The maximum atomic E-state index is 14.2. The van der Waals surface area contributed by atoms with Gasteiger partial charge in [-0.3, -0.25) is 0 Å². The Kier molecular flexibility index (Phi) is 6.82. The molecule has 0 N–H and O–H groups in total. The van der Waals surface area contributed by atoms with Crippen LogP contribution in [0.1, 0.15) is 5.56 Å². The van der Waals surface area contributed by atoms with Crippen molar-refractivity contribution in [1.82, 2.24) is 4.68 Å². The molecule has 174 valence electrons. The number of benzene rings is 3. The maximum absolute atomic E-state index is 14.2. The Morgan fingerprint density at radius 2 is 1.59 bits per heavy atom. The minimum absolute atomic E-state index is 0.0734. The molecule has 0 atom stereocenters. The molecule has 0 saturated carbocycles. The van der Waals surface area contributed by atoms with E-state index in [1.807, 2.05) is 0 Å². The fourth-order valence-corrected chi connectivity index (χ4v) is 3.77. The van der Waals surface area contributed by atoms with Crippen LogP contribution < -0.4 is 9.54 Å². The molecule has 0 unspecified atom stereocenters. The van der Waals surface area contributed by atoms with Crippen LogP contribution in [0.25, 0.3) is 11.3 Å². The van der Waals surface area contributed by atoms with E-state index in [0.717, 1.165) is 41.8 Å². The van der Waals surface area contributed by atoms with Crippen molar-refractivity contribution in [3.05, 3.63) is 99.7 Å². The lowest BCUT2D eigenvalue weighted by Crippen LogP contribution is -2.12. The minimum Gasteiger partial charge on any atom is -0.435 e. The molecule has 1 aromatic heterocycles. The van der Waals surface area contributed by atoms with Gasteiger partial charge in [0.2, 0.25) is 4.80 Å². The lowest BCUT2D eigenvalue weighted by atomic mass is 10.2. The van der Waals surface area contributed by atoms with Crippen LogP contribution in [-0.4, -0.2) is 17.5 Å². The third-order valence-corrected chi connectivity index (χ3v) is 5.30. The van der Waals surface area contributed by atoms with Crippen molar-refractivity contribution in [1.29, 1.82) is 0 Å². The first-order chi connectivity index (χ1) is 16.3. The molecule has 4 aromatic rings. The predicted octanol–water partition coefficient (Wildman–Crippen LogP) is 6.49. The van der Waals surface area contributed by atoms with Crippen LogP contribution in [0.3, 0.4) is 0 Å². The number of hydrogen-bond donors (Lipinski definition) is 0. The molecule has 4 rings (SSSR count). The normalized spacial score (nSPS) is 12.1. The zero-order chi connectivity index (χ0) is 24.2. The van der Waals surface area contributed by atoms with Crippen molar-refractivity contribution in [2.45, 2.75) is 6.61 Å². The fraction of sp³-hybridized carbons (Fsp3) is 0.0435. The Morgan fingerprint density at radius 1 is 0.882 bits per heavy atom. The summed E-state index contributed by atoms with van der Waals surface area (Å²) in [5.74, 6) is -3.47. The summed E-state index contributed by atoms with van der Waals surface area (Å²) in [7, 11) is 0. The molecule has 0 bridgehead atoms. The zero-order valence-corrected chi connectivity index (χ0v) is 17.7. The lowest BCUT2D eigenvalue weighted by Gasteiger charge is -2.07. The second kappa shape index (κ2) is 9.96. The van der Waals surface area contributed by atoms with Gasteiger partial charge in [0, 0.05) is 17.0 Å². The molecular weight excluding hydrogens is 480 g/mol. The van der Waals surface area contributed by atoms with Gasteiger partial charge in [0.05, 0.1) is 17.5 Å². The van der Waals surface area contributed by atoms with Crippen molar-refractivity contribution < 1.29 is 31.1 Å². The number of hydrogen-bond acceptors (Lipinski definition) is 4. The molecule has 0 fully saturated rings. The number of ether oxygens (including phenoxy) is 1. The van der Waals surface area contributed by atoms with Gasteiger partial charge in [0.25, 0.3) is 0 Å². The van der Waals surface area contributed by atoms with Gasteiger partial charge < -0.3 is 4.74 Å². The number of thiazole rings is 1. The van der Waals surface area contributed by atoms with E-state index in [2.05, 4.69) is 14.8 Å². The summed E-state index contributed by atoms with van der Waals surface area (Å²) in [6, 6.07) is 11.7. The van der Waals surface area contributed by atoms with Gasteiger partial charge in [0.15, 0.2) is 5.82 Å². The first-order valence-electron chi connectivity index (χ1n) is 9.56. The lowest BCUT2D eigenvalue weighted by molar-refractivity contribution is -0.0498. The van der Waals surface area contributed by atoms with Crippen molar-refractivity contribution in [3.63, 3.8) is 0 Å². The van der Waals surface area contributed by atoms with Gasteiger partial charge in [-0.15, -0.1) is 11.3 Å². The monoisotopic (exact) mass is 493 g/mol. The Hall–Kier alpha value is -3.86. The van der Waals surface area contributed by atoms with Crippen LogP contribution in [0.15, 0.2) is 76.1 Å². The summed E-state index contributed by atoms with van der Waals surface area (Å²) in [5, 5.41) is 5.71. The Bertz CT molecular complexity index is 1390. The highest BCUT2D eigenvalue weighted by molar-refractivity contribution is 7.07. The number of alkyl halides is 2. The number of rotatable bonds is 6. The van der Waals surface area contributed by atoms with Crippen molar-refractivity contribution in [2.75, 3.05) is 0 Å². The third kappa shape index (κ3) is 5.20. The molecule has 0 spiro atoms. The van der Waals surface area contributed by atoms with Gasteiger partial charge >= 0.3 is 6.61 Å². The summed E-state index contributed by atoms with van der Waals surface area (Å²) in [4.78, 5) is 4.26. The van der Waals surface area contributed by atoms with Gasteiger partial charge in [-0.05, 0) is 48.5 Å². The molecule has 4 nitrogen and oxygen atoms in total. The maximum Gasteiger partial charge on any atom is 0.387 e. The van der Waals surface area contributed by atoms with Crippen molar-refractivity contribution in [3.8, 4) is 17.0 Å². The molecule has 34 heavy (non-hydrogen) atoms. The van der Waals surface area contributed by atoms with Crippen LogP contribution in [0.5, 0.6) is 5.75 Å². The topological polar surface area (TPSA) is 38.9 Å². The molecule has 11 heteroatoms. The highest BCUT2D eigenvalue weighted by Gasteiger charge is 2.12. The number of aromatic nitrogens is 1. The molecule has 0 aliphatic carbocycles. The Balaban J connectivity index is 1.84. The van der Waals surface area contributed by atoms with Gasteiger partial charge in [-0.25, -0.2) is 27.2 Å². The van der Waals surface area contributed by atoms with E-state index in [1.54, 1.807) is 5.38 Å². The minimum atomic E-state index is -2.99. The summed E-state index contributed by atoms with van der Waals surface area (Å²) in [6.45, 7) is -2.99. The predicted molar refractivity (Wildman–Crippen MR) is 115 cm³/mol. The van der Waals surface area contributed by atoms with Crippen LogP contribution in [0.4, 0.5) is 32.0 Å². The van der Waals surface area contributed by atoms with E-state index in [-0.39, 0.29) is 16.2 Å². The smallest absolute Gasteiger partial charge is 0.387 e. The van der Waals surface area contributed by atoms with E-state index >= 15 is 0 Å². The summed E-state index contributed by atoms with van der Waals surface area (Å²) in [6.07, 6.45) is 0.940. The number of halogens is 6. The first-order valence-corrected chi connectivity index (χ1v) is 10.4. The molecular formula is C23H13F6N3OS. The summed E-state index contributed by atoms with van der Waals surface area (Å²) < 4.78 is 85.9. The second-order valence-corrected chi connectivity index (χ2v) is 7.54. The standard InChI is InChI=1S/C23H13F6N3OS/c24-14-6-9-20(19(27)10-14)31-23-32(30-11-16-17(25)2-1-3-18(16)26)21(12-34-23)13-4-7-15(8-5-13)33-22(28)29/h1-12,22H. The second-order valence-electron chi connectivity index (χ2n) is 6.71. The van der Waals surface area contributed by atoms with Crippen LogP contribution >= 0.6 is 11.3 Å². The molecule has 0 aliphatic rings. The molecule has 0 radical (unpaired) electrons. The molecule has 0 aliphatic heterocycles. The Morgan fingerprint density at radius 3 is 2.24 bits per heavy atom. The van der Waals surface area contributed by atoms with Crippen LogP contribution in [0.2, 0.25) is 0 Å². The van der Waals surface area contributed by atoms with E-state index in [9.17, 15) is 26.3 Å². The molecule has 3 aromatic carbocycles. The summed E-state index contributed by atoms with van der Waals surface area (Å²) in [5.41, 5.74) is 0.246. The first kappa shape index (κ1) is 23.3. The SMILES string of the molecule is Fc1ccc(N=c2scc(-c3ccc(OC(F)F)cc3)n2N=Cc2c(F)cccc2F)c(F)c1. The number of nitrogens with zero attached hydrogens (tertiary/aromatic N) is 3. The summed E-state index contributed by atoms with van der Waals surface area (Å²) >= 11 is 1.02. The van der Waals surface area contributed by atoms with E-state index < -0.39 is 35.4 Å². The van der Waals surface area contributed by atoms with Crippen molar-refractivity contribution >= 4 is 23.2 Å². The molecule has 0 saturated heterocycles. The quantitative estimate of drug-likeness (QED) is 0.224. The van der Waals surface area contributed by atoms with Crippen LogP contribution in [-0.2, 0) is 0 Å². The van der Waals surface area contributed by atoms with E-state index in [1.165, 1.54) is 35.0 Å². The van der Waals surface area contributed by atoms with Gasteiger partial charge in [0.1, 0.15) is 28.9 Å². The van der Waals surface area contributed by atoms with Gasteiger partial charge in [-0.1, -0.05) is 6.07 Å². The largest absolute Gasteiger partial charge is 0.435 e. The fourth-order valence-electron chi connectivity index (χ4n) is 2.92. The molecule has 0 amide bonds. The van der Waals surface area contributed by atoms with E-state index in [0.29, 0.717) is 17.3 Å².